The lowest BCUT2D eigenvalue weighted by Crippen LogP contribution is -2.30. The van der Waals surface area contributed by atoms with Gasteiger partial charge in [0.2, 0.25) is 0 Å². The van der Waals surface area contributed by atoms with E-state index < -0.39 is 6.10 Å². The SMILES string of the molecule is CCCCCCC/C=C\C/C=C\C/C=C\CCCCCCCCC(=O)OCC(COC(=O)CCCCCCCCCCCCCCCCCCCCC)OC(=O)CCCCCCCCCCC/C=C\CCCCCCCCCC. The highest BCUT2D eigenvalue weighted by Gasteiger charge is 2.19. The maximum atomic E-state index is 13.0. The highest BCUT2D eigenvalue weighted by atomic mass is 16.6. The molecule has 6 heteroatoms. The summed E-state index contributed by atoms with van der Waals surface area (Å²) in [5, 5.41) is 0. The lowest BCUT2D eigenvalue weighted by Gasteiger charge is -2.18. The molecule has 0 bridgehead atoms. The van der Waals surface area contributed by atoms with E-state index in [0.29, 0.717) is 19.3 Å². The monoisotopic (exact) mass is 1110 g/mol. The lowest BCUT2D eigenvalue weighted by molar-refractivity contribution is -0.167. The smallest absolute Gasteiger partial charge is 0.306 e. The minimum absolute atomic E-state index is 0.0740. The number of hydrogen-bond acceptors (Lipinski definition) is 6. The van der Waals surface area contributed by atoms with Gasteiger partial charge >= 0.3 is 17.9 Å². The van der Waals surface area contributed by atoms with Gasteiger partial charge in [-0.05, 0) is 83.5 Å². The summed E-state index contributed by atoms with van der Waals surface area (Å²) in [5.41, 5.74) is 0. The predicted molar refractivity (Wildman–Crippen MR) is 344 cm³/mol. The van der Waals surface area contributed by atoms with Gasteiger partial charge in [0.15, 0.2) is 6.10 Å². The van der Waals surface area contributed by atoms with Crippen molar-refractivity contribution in [2.24, 2.45) is 0 Å². The zero-order chi connectivity index (χ0) is 57.1. The van der Waals surface area contributed by atoms with Crippen molar-refractivity contribution >= 4 is 17.9 Å². The van der Waals surface area contributed by atoms with Crippen LogP contribution in [0.3, 0.4) is 0 Å². The fourth-order valence-corrected chi connectivity index (χ4v) is 10.5. The standard InChI is InChI=1S/C73H134O6/c1-4-7-10-13-16-19-22-25-28-31-34-36-39-42-45-48-51-54-57-60-63-66-72(75)78-69-70(68-77-71(74)65-62-59-56-53-50-47-44-41-38-33-30-27-24-21-18-15-12-9-6-3)79-73(76)67-64-61-58-55-52-49-46-43-40-37-35-32-29-26-23-20-17-14-11-8-5-2/h22,25,31-32,34-35,39,42,70H,4-21,23-24,26-30,33,36-38,40-41,43-69H2,1-3H3/b25-22-,34-31-,35-32-,42-39-. The third-order valence-electron chi connectivity index (χ3n) is 15.8. The number of hydrogen-bond donors (Lipinski definition) is 0. The van der Waals surface area contributed by atoms with E-state index in [1.54, 1.807) is 0 Å². The second-order valence-corrected chi connectivity index (χ2v) is 23.8. The second-order valence-electron chi connectivity index (χ2n) is 23.8. The molecule has 0 spiro atoms. The van der Waals surface area contributed by atoms with Crippen LogP contribution in [0.2, 0.25) is 0 Å². The molecule has 0 aliphatic rings. The predicted octanol–water partition coefficient (Wildman–Crippen LogP) is 24.1. The Morgan fingerprint density at radius 3 is 0.722 bits per heavy atom. The highest BCUT2D eigenvalue weighted by Crippen LogP contribution is 2.18. The molecule has 0 aromatic heterocycles. The first-order valence-corrected chi connectivity index (χ1v) is 35.1. The van der Waals surface area contributed by atoms with Crippen molar-refractivity contribution in [2.75, 3.05) is 13.2 Å². The van der Waals surface area contributed by atoms with Gasteiger partial charge in [-0.3, -0.25) is 14.4 Å². The van der Waals surface area contributed by atoms with Crippen molar-refractivity contribution in [1.29, 1.82) is 0 Å². The summed E-state index contributed by atoms with van der Waals surface area (Å²) in [6.45, 7) is 6.69. The molecule has 0 aliphatic heterocycles. The van der Waals surface area contributed by atoms with E-state index >= 15 is 0 Å². The van der Waals surface area contributed by atoms with Gasteiger partial charge in [0.25, 0.3) is 0 Å². The molecule has 0 amide bonds. The summed E-state index contributed by atoms with van der Waals surface area (Å²) in [6.07, 6.45) is 85.5. The lowest BCUT2D eigenvalue weighted by atomic mass is 10.0. The molecule has 0 heterocycles. The molecular weight excluding hydrogens is 973 g/mol. The third kappa shape index (κ3) is 66.1. The summed E-state index contributed by atoms with van der Waals surface area (Å²) in [6, 6.07) is 0. The Morgan fingerprint density at radius 2 is 0.456 bits per heavy atom. The van der Waals surface area contributed by atoms with Crippen molar-refractivity contribution in [3.63, 3.8) is 0 Å². The Morgan fingerprint density at radius 1 is 0.253 bits per heavy atom. The molecule has 0 saturated heterocycles. The summed E-state index contributed by atoms with van der Waals surface area (Å²) >= 11 is 0. The van der Waals surface area contributed by atoms with Crippen molar-refractivity contribution < 1.29 is 28.6 Å². The molecule has 0 fully saturated rings. The number of carbonyl (C=O) groups excluding carboxylic acids is 3. The topological polar surface area (TPSA) is 78.9 Å². The zero-order valence-corrected chi connectivity index (χ0v) is 53.2. The molecule has 1 atom stereocenters. The molecule has 6 nitrogen and oxygen atoms in total. The average Bonchev–Trinajstić information content (AvgIpc) is 3.45. The molecule has 0 rings (SSSR count). The van der Waals surface area contributed by atoms with Crippen LogP contribution in [0.5, 0.6) is 0 Å². The molecule has 0 aliphatic carbocycles. The molecular formula is C73H134O6. The van der Waals surface area contributed by atoms with Crippen LogP contribution in [-0.4, -0.2) is 37.2 Å². The van der Waals surface area contributed by atoms with E-state index in [0.717, 1.165) is 77.0 Å². The summed E-state index contributed by atoms with van der Waals surface area (Å²) in [5.74, 6) is -0.862. The number of ether oxygens (including phenoxy) is 3. The van der Waals surface area contributed by atoms with Crippen molar-refractivity contribution in [3.05, 3.63) is 48.6 Å². The minimum Gasteiger partial charge on any atom is -0.462 e. The molecule has 0 aromatic carbocycles. The summed E-state index contributed by atoms with van der Waals surface area (Å²) < 4.78 is 17.0. The van der Waals surface area contributed by atoms with Crippen LogP contribution < -0.4 is 0 Å². The molecule has 1 unspecified atom stereocenters. The Bertz CT molecular complexity index is 1360. The van der Waals surface area contributed by atoms with E-state index in [2.05, 4.69) is 69.4 Å². The minimum atomic E-state index is -0.780. The molecule has 0 aromatic rings. The van der Waals surface area contributed by atoms with Crippen LogP contribution >= 0.6 is 0 Å². The van der Waals surface area contributed by atoms with E-state index in [1.165, 1.54) is 263 Å². The molecule has 462 valence electrons. The maximum absolute atomic E-state index is 13.0. The van der Waals surface area contributed by atoms with Crippen molar-refractivity contribution in [2.45, 2.75) is 386 Å². The van der Waals surface area contributed by atoms with Crippen LogP contribution in [-0.2, 0) is 28.6 Å². The van der Waals surface area contributed by atoms with E-state index in [9.17, 15) is 14.4 Å². The first-order valence-electron chi connectivity index (χ1n) is 35.1. The number of rotatable bonds is 65. The van der Waals surface area contributed by atoms with Crippen molar-refractivity contribution in [3.8, 4) is 0 Å². The highest BCUT2D eigenvalue weighted by molar-refractivity contribution is 5.71. The van der Waals surface area contributed by atoms with Gasteiger partial charge in [-0.1, -0.05) is 326 Å². The fraction of sp³-hybridized carbons (Fsp3) is 0.849. The molecule has 0 N–H and O–H groups in total. The summed E-state index contributed by atoms with van der Waals surface area (Å²) in [4.78, 5) is 38.5. The zero-order valence-electron chi connectivity index (χ0n) is 53.2. The van der Waals surface area contributed by atoms with Crippen LogP contribution in [0.15, 0.2) is 48.6 Å². The van der Waals surface area contributed by atoms with Crippen LogP contribution in [0, 0.1) is 0 Å². The number of allylic oxidation sites excluding steroid dienone is 8. The second kappa shape index (κ2) is 67.9. The molecule has 0 radical (unpaired) electrons. The van der Waals surface area contributed by atoms with E-state index in [-0.39, 0.29) is 31.1 Å². The quantitative estimate of drug-likeness (QED) is 0.0261. The van der Waals surface area contributed by atoms with Gasteiger partial charge in [-0.25, -0.2) is 0 Å². The van der Waals surface area contributed by atoms with E-state index in [1.807, 2.05) is 0 Å². The first kappa shape index (κ1) is 76.4. The van der Waals surface area contributed by atoms with Crippen LogP contribution in [0.4, 0.5) is 0 Å². The Kier molecular flexibility index (Phi) is 65.6. The van der Waals surface area contributed by atoms with Gasteiger partial charge in [0.05, 0.1) is 0 Å². The number of unbranched alkanes of at least 4 members (excludes halogenated alkanes) is 46. The van der Waals surface area contributed by atoms with Crippen LogP contribution in [0.1, 0.15) is 380 Å². The number of esters is 3. The van der Waals surface area contributed by atoms with Gasteiger partial charge < -0.3 is 14.2 Å². The van der Waals surface area contributed by atoms with Crippen molar-refractivity contribution in [1.82, 2.24) is 0 Å². The first-order chi connectivity index (χ1) is 39.0. The maximum Gasteiger partial charge on any atom is 0.306 e. The third-order valence-corrected chi connectivity index (χ3v) is 15.8. The largest absolute Gasteiger partial charge is 0.462 e. The normalized spacial score (nSPS) is 12.3. The van der Waals surface area contributed by atoms with Gasteiger partial charge in [-0.15, -0.1) is 0 Å². The fourth-order valence-electron chi connectivity index (χ4n) is 10.5. The Labute approximate surface area is 492 Å². The van der Waals surface area contributed by atoms with E-state index in [4.69, 9.17) is 14.2 Å². The summed E-state index contributed by atoms with van der Waals surface area (Å²) in [7, 11) is 0. The Hall–Kier alpha value is -2.63. The molecule has 79 heavy (non-hydrogen) atoms. The average molecular weight is 1110 g/mol. The van der Waals surface area contributed by atoms with Gasteiger partial charge in [0, 0.05) is 19.3 Å². The Balaban J connectivity index is 4.36. The number of carbonyl (C=O) groups is 3. The van der Waals surface area contributed by atoms with Crippen LogP contribution in [0.25, 0.3) is 0 Å². The van der Waals surface area contributed by atoms with Gasteiger partial charge in [0.1, 0.15) is 13.2 Å². The van der Waals surface area contributed by atoms with Gasteiger partial charge in [-0.2, -0.15) is 0 Å². The molecule has 0 saturated carbocycles.